The standard InChI is InChI=1S/C12H12ClN3OS/c13-8-3-1-7(2-4-8)10-9(14)11(17)16-5-6-18-12(16)15-10/h1-4,9-10H,5-6,14H2. The monoisotopic (exact) mass is 281 g/mol. The zero-order valence-corrected chi connectivity index (χ0v) is 11.1. The minimum atomic E-state index is -0.603. The number of hydrogen-bond donors (Lipinski definition) is 1. The summed E-state index contributed by atoms with van der Waals surface area (Å²) in [4.78, 5) is 18.4. The second-order valence-corrected chi connectivity index (χ2v) is 5.77. The molecule has 3 rings (SSSR count). The number of rotatable bonds is 1. The molecule has 0 saturated carbocycles. The van der Waals surface area contributed by atoms with E-state index in [0.717, 1.165) is 16.5 Å². The highest BCUT2D eigenvalue weighted by molar-refractivity contribution is 8.14. The Labute approximate surface area is 114 Å². The van der Waals surface area contributed by atoms with Gasteiger partial charge in [-0.25, -0.2) is 0 Å². The van der Waals surface area contributed by atoms with Gasteiger partial charge in [-0.2, -0.15) is 0 Å². The Balaban J connectivity index is 1.98. The van der Waals surface area contributed by atoms with Crippen LogP contribution in [0.1, 0.15) is 11.6 Å². The summed E-state index contributed by atoms with van der Waals surface area (Å²) >= 11 is 7.47. The van der Waals surface area contributed by atoms with Gasteiger partial charge < -0.3 is 5.73 Å². The zero-order chi connectivity index (χ0) is 12.7. The van der Waals surface area contributed by atoms with Gasteiger partial charge in [0.1, 0.15) is 12.1 Å². The first-order valence-electron chi connectivity index (χ1n) is 5.70. The van der Waals surface area contributed by atoms with Crippen LogP contribution in [-0.2, 0) is 4.79 Å². The van der Waals surface area contributed by atoms with E-state index < -0.39 is 6.04 Å². The van der Waals surface area contributed by atoms with Crippen LogP contribution < -0.4 is 5.73 Å². The first-order chi connectivity index (χ1) is 8.66. The first-order valence-corrected chi connectivity index (χ1v) is 7.06. The number of fused-ring (bicyclic) bond motifs is 1. The summed E-state index contributed by atoms with van der Waals surface area (Å²) in [6.07, 6.45) is 0. The Hall–Kier alpha value is -1.04. The predicted octanol–water partition coefficient (Wildman–Crippen LogP) is 1.65. The highest BCUT2D eigenvalue weighted by Gasteiger charge is 2.39. The highest BCUT2D eigenvalue weighted by atomic mass is 35.5. The average molecular weight is 282 g/mol. The van der Waals surface area contributed by atoms with Gasteiger partial charge in [-0.3, -0.25) is 14.7 Å². The van der Waals surface area contributed by atoms with Crippen LogP contribution in [0.2, 0.25) is 5.02 Å². The maximum absolute atomic E-state index is 12.1. The molecule has 2 aliphatic heterocycles. The minimum absolute atomic E-state index is 0.0371. The molecule has 1 amide bonds. The lowest BCUT2D eigenvalue weighted by atomic mass is 9.98. The van der Waals surface area contributed by atoms with Crippen molar-refractivity contribution >= 4 is 34.4 Å². The van der Waals surface area contributed by atoms with Crippen molar-refractivity contribution in [2.24, 2.45) is 10.7 Å². The van der Waals surface area contributed by atoms with Gasteiger partial charge in [0.2, 0.25) is 5.91 Å². The van der Waals surface area contributed by atoms with Crippen molar-refractivity contribution in [3.63, 3.8) is 0 Å². The highest BCUT2D eigenvalue weighted by Crippen LogP contribution is 2.32. The number of thioether (sulfide) groups is 1. The van der Waals surface area contributed by atoms with Crippen molar-refractivity contribution in [1.29, 1.82) is 0 Å². The summed E-state index contributed by atoms with van der Waals surface area (Å²) < 4.78 is 0. The SMILES string of the molecule is NC1C(=O)N2CCSC2=NC1c1ccc(Cl)cc1. The van der Waals surface area contributed by atoms with E-state index in [2.05, 4.69) is 4.99 Å². The van der Waals surface area contributed by atoms with Gasteiger partial charge in [0.05, 0.1) is 0 Å². The van der Waals surface area contributed by atoms with Crippen LogP contribution in [0.15, 0.2) is 29.3 Å². The first kappa shape index (κ1) is 12.0. The van der Waals surface area contributed by atoms with Crippen LogP contribution in [0.4, 0.5) is 0 Å². The van der Waals surface area contributed by atoms with E-state index in [1.54, 1.807) is 28.8 Å². The summed E-state index contributed by atoms with van der Waals surface area (Å²) in [5.74, 6) is 0.856. The third kappa shape index (κ3) is 1.92. The predicted molar refractivity (Wildman–Crippen MR) is 73.8 cm³/mol. The molecule has 0 aromatic heterocycles. The molecule has 4 nitrogen and oxygen atoms in total. The van der Waals surface area contributed by atoms with Crippen molar-refractivity contribution in [2.45, 2.75) is 12.1 Å². The summed E-state index contributed by atoms with van der Waals surface area (Å²) in [5.41, 5.74) is 6.94. The molecule has 2 unspecified atom stereocenters. The molecular weight excluding hydrogens is 270 g/mol. The number of hydrogen-bond acceptors (Lipinski definition) is 4. The van der Waals surface area contributed by atoms with Crippen molar-refractivity contribution in [2.75, 3.05) is 12.3 Å². The molecule has 0 spiro atoms. The summed E-state index contributed by atoms with van der Waals surface area (Å²) in [6.45, 7) is 0.712. The molecule has 1 aromatic carbocycles. The summed E-state index contributed by atoms with van der Waals surface area (Å²) in [5, 5.41) is 1.46. The molecule has 2 heterocycles. The molecule has 1 saturated heterocycles. The largest absolute Gasteiger partial charge is 0.318 e. The van der Waals surface area contributed by atoms with Crippen molar-refractivity contribution in [3.05, 3.63) is 34.9 Å². The van der Waals surface area contributed by atoms with E-state index in [1.807, 2.05) is 12.1 Å². The molecule has 1 aromatic rings. The average Bonchev–Trinajstić information content (AvgIpc) is 2.83. The van der Waals surface area contributed by atoms with Gasteiger partial charge in [0.15, 0.2) is 5.17 Å². The number of halogens is 1. The van der Waals surface area contributed by atoms with E-state index in [-0.39, 0.29) is 11.9 Å². The number of amides is 1. The topological polar surface area (TPSA) is 58.7 Å². The normalized spacial score (nSPS) is 27.1. The van der Waals surface area contributed by atoms with Gasteiger partial charge in [-0.1, -0.05) is 35.5 Å². The van der Waals surface area contributed by atoms with E-state index in [1.165, 1.54) is 0 Å². The van der Waals surface area contributed by atoms with E-state index in [4.69, 9.17) is 17.3 Å². The quantitative estimate of drug-likeness (QED) is 0.852. The van der Waals surface area contributed by atoms with Gasteiger partial charge in [-0.15, -0.1) is 0 Å². The molecule has 2 atom stereocenters. The fraction of sp³-hybridized carbons (Fsp3) is 0.333. The number of benzene rings is 1. The Kier molecular flexibility index (Phi) is 3.05. The maximum atomic E-state index is 12.1. The van der Waals surface area contributed by atoms with Crippen LogP contribution in [0.5, 0.6) is 0 Å². The molecular formula is C12H12ClN3OS. The Morgan fingerprint density at radius 1 is 1.39 bits per heavy atom. The number of carbonyl (C=O) groups is 1. The molecule has 1 fully saturated rings. The third-order valence-corrected chi connectivity index (χ3v) is 4.35. The van der Waals surface area contributed by atoms with E-state index >= 15 is 0 Å². The van der Waals surface area contributed by atoms with Gasteiger partial charge in [-0.05, 0) is 17.7 Å². The van der Waals surface area contributed by atoms with E-state index in [9.17, 15) is 4.79 Å². The van der Waals surface area contributed by atoms with Crippen molar-refractivity contribution in [1.82, 2.24) is 4.90 Å². The van der Waals surface area contributed by atoms with Crippen LogP contribution in [0.25, 0.3) is 0 Å². The molecule has 6 heteroatoms. The maximum Gasteiger partial charge on any atom is 0.248 e. The summed E-state index contributed by atoms with van der Waals surface area (Å²) in [6, 6.07) is 6.43. The number of carbonyl (C=O) groups excluding carboxylic acids is 1. The lowest BCUT2D eigenvalue weighted by molar-refractivity contribution is -0.129. The molecule has 0 bridgehead atoms. The molecule has 18 heavy (non-hydrogen) atoms. The Morgan fingerprint density at radius 2 is 2.11 bits per heavy atom. The second-order valence-electron chi connectivity index (χ2n) is 4.27. The number of nitrogens with two attached hydrogens (primary N) is 1. The zero-order valence-electron chi connectivity index (χ0n) is 9.54. The van der Waals surface area contributed by atoms with Gasteiger partial charge in [0.25, 0.3) is 0 Å². The number of aliphatic imine (C=N–C) groups is 1. The Morgan fingerprint density at radius 3 is 2.83 bits per heavy atom. The van der Waals surface area contributed by atoms with Crippen LogP contribution >= 0.6 is 23.4 Å². The lowest BCUT2D eigenvalue weighted by Gasteiger charge is -2.30. The minimum Gasteiger partial charge on any atom is -0.318 e. The number of nitrogens with zero attached hydrogens (tertiary/aromatic N) is 2. The van der Waals surface area contributed by atoms with Gasteiger partial charge >= 0.3 is 0 Å². The molecule has 0 aliphatic carbocycles. The molecule has 2 N–H and O–H groups in total. The van der Waals surface area contributed by atoms with E-state index in [0.29, 0.717) is 11.6 Å². The molecule has 94 valence electrons. The van der Waals surface area contributed by atoms with Crippen molar-refractivity contribution in [3.8, 4) is 0 Å². The van der Waals surface area contributed by atoms with Crippen LogP contribution in [0, 0.1) is 0 Å². The van der Waals surface area contributed by atoms with Gasteiger partial charge in [0, 0.05) is 17.3 Å². The Bertz CT molecular complexity index is 517. The second kappa shape index (κ2) is 4.57. The third-order valence-electron chi connectivity index (χ3n) is 3.13. The fourth-order valence-corrected chi connectivity index (χ4v) is 3.28. The molecule has 2 aliphatic rings. The van der Waals surface area contributed by atoms with Crippen LogP contribution in [-0.4, -0.2) is 34.3 Å². The lowest BCUT2D eigenvalue weighted by Crippen LogP contribution is -2.50. The number of amidine groups is 1. The fourth-order valence-electron chi connectivity index (χ4n) is 2.17. The summed E-state index contributed by atoms with van der Waals surface area (Å²) in [7, 11) is 0. The van der Waals surface area contributed by atoms with Crippen molar-refractivity contribution < 1.29 is 4.79 Å². The van der Waals surface area contributed by atoms with Crippen LogP contribution in [0.3, 0.4) is 0 Å². The smallest absolute Gasteiger partial charge is 0.248 e. The molecule has 0 radical (unpaired) electrons.